The van der Waals surface area contributed by atoms with E-state index in [0.29, 0.717) is 17.2 Å². The summed E-state index contributed by atoms with van der Waals surface area (Å²) in [7, 11) is 0. The lowest BCUT2D eigenvalue weighted by Crippen LogP contribution is -2.09. The van der Waals surface area contributed by atoms with Gasteiger partial charge in [0, 0.05) is 12.6 Å². The lowest BCUT2D eigenvalue weighted by Gasteiger charge is -2.03. The predicted molar refractivity (Wildman–Crippen MR) is 79.9 cm³/mol. The van der Waals surface area contributed by atoms with Gasteiger partial charge in [-0.3, -0.25) is 4.79 Å². The monoisotopic (exact) mass is 275 g/mol. The van der Waals surface area contributed by atoms with Crippen molar-refractivity contribution < 1.29 is 9.90 Å². The predicted octanol–water partition coefficient (Wildman–Crippen LogP) is 1.18. The van der Waals surface area contributed by atoms with Crippen molar-refractivity contribution in [1.82, 2.24) is 4.98 Å². The van der Waals surface area contributed by atoms with Crippen LogP contribution in [0.3, 0.4) is 0 Å². The first-order chi connectivity index (χ1) is 9.38. The Balaban J connectivity index is 0.000000217. The summed E-state index contributed by atoms with van der Waals surface area (Å²) in [6.07, 6.45) is 0. The van der Waals surface area contributed by atoms with Gasteiger partial charge >= 0.3 is 0 Å². The lowest BCUT2D eigenvalue weighted by atomic mass is 10.3. The first kappa shape index (κ1) is 15.1. The smallest absolute Gasteiger partial charge is 0.222 e. The fourth-order valence-electron chi connectivity index (χ4n) is 1.21. The Morgan fingerprint density at radius 2 is 1.70 bits per heavy atom. The van der Waals surface area contributed by atoms with E-state index in [9.17, 15) is 4.79 Å². The quantitative estimate of drug-likeness (QED) is 0.391. The third-order valence-corrected chi connectivity index (χ3v) is 2.15. The van der Waals surface area contributed by atoms with Gasteiger partial charge in [0.2, 0.25) is 5.91 Å². The van der Waals surface area contributed by atoms with Crippen LogP contribution in [-0.2, 0) is 4.79 Å². The normalized spacial score (nSPS) is 9.25. The number of aromatic hydroxyl groups is 1. The van der Waals surface area contributed by atoms with E-state index in [2.05, 4.69) is 10.3 Å². The molecule has 0 aliphatic heterocycles. The summed E-state index contributed by atoms with van der Waals surface area (Å²) >= 11 is 0. The highest BCUT2D eigenvalue weighted by Crippen LogP contribution is 2.14. The minimum absolute atomic E-state index is 0.188. The Morgan fingerprint density at radius 3 is 2.15 bits per heavy atom. The minimum Gasteiger partial charge on any atom is -0.508 e. The van der Waals surface area contributed by atoms with Crippen LogP contribution < -0.4 is 22.5 Å². The summed E-state index contributed by atoms with van der Waals surface area (Å²) in [6, 6.07) is 9.58. The van der Waals surface area contributed by atoms with E-state index in [-0.39, 0.29) is 17.5 Å². The van der Waals surface area contributed by atoms with Crippen molar-refractivity contribution in [2.24, 2.45) is 0 Å². The largest absolute Gasteiger partial charge is 0.508 e. The Hall–Kier alpha value is -2.96. The number of nitrogen functional groups attached to an aromatic ring is 3. The molecule has 20 heavy (non-hydrogen) atoms. The first-order valence-corrected chi connectivity index (χ1v) is 5.72. The fraction of sp³-hybridized carbons (Fsp3) is 0.0769. The van der Waals surface area contributed by atoms with Crippen LogP contribution in [0, 0.1) is 0 Å². The number of hydrogen-bond acceptors (Lipinski definition) is 6. The minimum atomic E-state index is -0.188. The molecule has 8 N–H and O–H groups in total. The van der Waals surface area contributed by atoms with E-state index in [1.165, 1.54) is 6.92 Å². The summed E-state index contributed by atoms with van der Waals surface area (Å²) < 4.78 is 0. The van der Waals surface area contributed by atoms with Gasteiger partial charge in [-0.15, -0.1) is 0 Å². The van der Waals surface area contributed by atoms with Gasteiger partial charge in [-0.1, -0.05) is 0 Å². The van der Waals surface area contributed by atoms with Gasteiger partial charge in [-0.2, -0.15) is 0 Å². The molecule has 0 unspecified atom stereocenters. The van der Waals surface area contributed by atoms with Gasteiger partial charge in [-0.05, 0) is 36.4 Å². The zero-order chi connectivity index (χ0) is 15.1. The van der Waals surface area contributed by atoms with E-state index in [1.807, 2.05) is 0 Å². The highest BCUT2D eigenvalue weighted by Gasteiger charge is 1.99. The number of carbonyl (C=O) groups is 1. The molecule has 1 amide bonds. The molecule has 2 rings (SSSR count). The zero-order valence-electron chi connectivity index (χ0n) is 11.0. The molecule has 1 aromatic carbocycles. The molecule has 0 saturated carbocycles. The molecule has 0 spiro atoms. The van der Waals surface area contributed by atoms with Crippen LogP contribution in [0.15, 0.2) is 36.4 Å². The second-order valence-corrected chi connectivity index (χ2v) is 3.94. The molecule has 0 fully saturated rings. The first-order valence-electron chi connectivity index (χ1n) is 5.72. The maximum atomic E-state index is 10.6. The molecule has 7 heteroatoms. The number of aromatic nitrogens is 1. The molecule has 0 bridgehead atoms. The standard InChI is InChI=1S/C7H10N4O.C6H7NO/c1-4(12)10-6-3-2-5(8)7(9)11-6;7-5-1-3-6(8)4-2-5/h2-3H,8H2,1H3,(H3,9,10,11,12);1-4,8H,7H2. The van der Waals surface area contributed by atoms with Crippen molar-refractivity contribution in [2.75, 3.05) is 22.5 Å². The maximum absolute atomic E-state index is 10.6. The number of benzene rings is 1. The van der Waals surface area contributed by atoms with Gasteiger partial charge in [0.1, 0.15) is 17.4 Å². The highest BCUT2D eigenvalue weighted by molar-refractivity contribution is 5.88. The number of phenolic OH excluding ortho intramolecular Hbond substituents is 1. The Kier molecular flexibility index (Phi) is 5.16. The number of nitrogens with one attached hydrogen (secondary N) is 1. The molecule has 7 nitrogen and oxygen atoms in total. The molecule has 0 saturated heterocycles. The third-order valence-electron chi connectivity index (χ3n) is 2.15. The van der Waals surface area contributed by atoms with Gasteiger partial charge in [-0.25, -0.2) is 4.98 Å². The third kappa shape index (κ3) is 5.13. The van der Waals surface area contributed by atoms with Crippen molar-refractivity contribution in [1.29, 1.82) is 0 Å². The summed E-state index contributed by atoms with van der Waals surface area (Å²) in [5.41, 5.74) is 17.2. The maximum Gasteiger partial charge on any atom is 0.222 e. The summed E-state index contributed by atoms with van der Waals surface area (Å²) in [6.45, 7) is 1.40. The number of rotatable bonds is 1. The Morgan fingerprint density at radius 1 is 1.10 bits per heavy atom. The summed E-state index contributed by atoms with van der Waals surface area (Å²) in [4.78, 5) is 14.4. The average Bonchev–Trinajstić information content (AvgIpc) is 2.38. The van der Waals surface area contributed by atoms with Crippen LogP contribution in [0.5, 0.6) is 5.75 Å². The van der Waals surface area contributed by atoms with E-state index in [0.717, 1.165) is 0 Å². The Bertz CT molecular complexity index is 563. The number of pyridine rings is 1. The van der Waals surface area contributed by atoms with Crippen LogP contribution in [0.25, 0.3) is 0 Å². The van der Waals surface area contributed by atoms with Crippen LogP contribution in [0.2, 0.25) is 0 Å². The second-order valence-electron chi connectivity index (χ2n) is 3.94. The van der Waals surface area contributed by atoms with E-state index in [1.54, 1.807) is 36.4 Å². The van der Waals surface area contributed by atoms with Gasteiger partial charge in [0.15, 0.2) is 0 Å². The van der Waals surface area contributed by atoms with Crippen molar-refractivity contribution in [3.05, 3.63) is 36.4 Å². The van der Waals surface area contributed by atoms with E-state index in [4.69, 9.17) is 22.3 Å². The number of nitrogens with zero attached hydrogens (tertiary/aromatic N) is 1. The molecular formula is C13H17N5O2. The molecule has 0 aliphatic rings. The molecule has 0 radical (unpaired) electrons. The fourth-order valence-corrected chi connectivity index (χ4v) is 1.21. The number of carbonyl (C=O) groups excluding carboxylic acids is 1. The number of nitrogens with two attached hydrogens (primary N) is 3. The highest BCUT2D eigenvalue weighted by atomic mass is 16.3. The topological polar surface area (TPSA) is 140 Å². The zero-order valence-corrected chi connectivity index (χ0v) is 11.0. The van der Waals surface area contributed by atoms with Crippen LogP contribution in [0.4, 0.5) is 23.0 Å². The molecule has 0 atom stereocenters. The summed E-state index contributed by atoms with van der Waals surface area (Å²) in [5.74, 6) is 0.696. The second kappa shape index (κ2) is 6.83. The number of hydrogen-bond donors (Lipinski definition) is 5. The van der Waals surface area contributed by atoms with Crippen molar-refractivity contribution >= 4 is 28.9 Å². The average molecular weight is 275 g/mol. The van der Waals surface area contributed by atoms with Crippen molar-refractivity contribution in [3.63, 3.8) is 0 Å². The molecule has 0 aliphatic carbocycles. The van der Waals surface area contributed by atoms with Gasteiger partial charge < -0.3 is 27.6 Å². The van der Waals surface area contributed by atoms with Gasteiger partial charge in [0.25, 0.3) is 0 Å². The lowest BCUT2D eigenvalue weighted by molar-refractivity contribution is -0.114. The molecule has 1 aromatic heterocycles. The van der Waals surface area contributed by atoms with Gasteiger partial charge in [0.05, 0.1) is 5.69 Å². The molecule has 2 aromatic rings. The van der Waals surface area contributed by atoms with Crippen molar-refractivity contribution in [3.8, 4) is 5.75 Å². The van der Waals surface area contributed by atoms with Crippen LogP contribution in [-0.4, -0.2) is 16.0 Å². The molecule has 106 valence electrons. The van der Waals surface area contributed by atoms with E-state index >= 15 is 0 Å². The number of phenols is 1. The SMILES string of the molecule is CC(=O)Nc1ccc(N)c(N)n1.Nc1ccc(O)cc1. The van der Waals surface area contributed by atoms with E-state index < -0.39 is 0 Å². The van der Waals surface area contributed by atoms with Crippen LogP contribution in [0.1, 0.15) is 6.92 Å². The molecular weight excluding hydrogens is 258 g/mol. The van der Waals surface area contributed by atoms with Crippen LogP contribution >= 0.6 is 0 Å². The summed E-state index contributed by atoms with van der Waals surface area (Å²) in [5, 5.41) is 11.2. The molecule has 1 heterocycles. The Labute approximate surface area is 116 Å². The number of anilines is 4. The van der Waals surface area contributed by atoms with Crippen molar-refractivity contribution in [2.45, 2.75) is 6.92 Å². The number of amides is 1.